The highest BCUT2D eigenvalue weighted by Crippen LogP contribution is 2.30. The lowest BCUT2D eigenvalue weighted by molar-refractivity contribution is -0.137. The Bertz CT molecular complexity index is 1540. The number of benzene rings is 2. The van der Waals surface area contributed by atoms with Crippen LogP contribution < -0.4 is 10.6 Å². The highest BCUT2D eigenvalue weighted by molar-refractivity contribution is 5.91. The van der Waals surface area contributed by atoms with Crippen molar-refractivity contribution < 1.29 is 29.3 Å². The number of likely N-dealkylation sites (N-methyl/N-ethyl adjacent to an activating group) is 1. The zero-order chi connectivity index (χ0) is 35.8. The van der Waals surface area contributed by atoms with Crippen molar-refractivity contribution >= 4 is 23.7 Å². The van der Waals surface area contributed by atoms with E-state index in [-0.39, 0.29) is 42.7 Å². The van der Waals surface area contributed by atoms with Gasteiger partial charge in [0.25, 0.3) is 5.91 Å². The summed E-state index contributed by atoms with van der Waals surface area (Å²) >= 11 is 0. The van der Waals surface area contributed by atoms with Crippen LogP contribution in [0, 0.1) is 19.8 Å². The Labute approximate surface area is 296 Å². The number of amides is 4. The van der Waals surface area contributed by atoms with Crippen LogP contribution in [0.3, 0.4) is 0 Å². The minimum Gasteiger partial charge on any atom is -0.507 e. The topological polar surface area (TPSA) is 135 Å². The summed E-state index contributed by atoms with van der Waals surface area (Å²) in [4.78, 5) is 45.5. The van der Waals surface area contributed by atoms with Crippen LogP contribution in [0.25, 0.3) is 0 Å². The van der Waals surface area contributed by atoms with E-state index in [1.54, 1.807) is 32.0 Å². The van der Waals surface area contributed by atoms with E-state index in [4.69, 9.17) is 4.74 Å². The summed E-state index contributed by atoms with van der Waals surface area (Å²) in [6, 6.07) is 11.7. The van der Waals surface area contributed by atoms with E-state index in [1.165, 1.54) is 4.90 Å². The number of piperidine rings is 1. The van der Waals surface area contributed by atoms with Crippen molar-refractivity contribution in [1.29, 1.82) is 0 Å². The fraction of sp³-hybridized carbons (Fsp3) is 0.513. The Morgan fingerprint density at radius 3 is 2.56 bits per heavy atom. The molecule has 11 nitrogen and oxygen atoms in total. The molecule has 1 saturated carbocycles. The Kier molecular flexibility index (Phi) is 12.6. The summed E-state index contributed by atoms with van der Waals surface area (Å²) < 4.78 is 5.98. The molecule has 11 heteroatoms. The summed E-state index contributed by atoms with van der Waals surface area (Å²) in [5.74, 6) is 0.107. The van der Waals surface area contributed by atoms with Gasteiger partial charge in [0.05, 0.1) is 6.61 Å². The molecular formula is C39H53N5O6. The van der Waals surface area contributed by atoms with Crippen molar-refractivity contribution in [3.63, 3.8) is 0 Å². The maximum absolute atomic E-state index is 13.9. The number of hydrogen-bond acceptors (Lipinski definition) is 7. The van der Waals surface area contributed by atoms with E-state index in [9.17, 15) is 24.6 Å². The number of phenols is 1. The van der Waals surface area contributed by atoms with Crippen LogP contribution >= 0.6 is 0 Å². The zero-order valence-corrected chi connectivity index (χ0v) is 29.7. The number of aryl methyl sites for hydroxylation is 2. The van der Waals surface area contributed by atoms with E-state index in [0.717, 1.165) is 54.5 Å². The number of rotatable bonds is 11. The summed E-state index contributed by atoms with van der Waals surface area (Å²) in [6.45, 7) is 9.99. The number of nitrogens with one attached hydrogen (secondary N) is 2. The lowest BCUT2D eigenvalue weighted by Gasteiger charge is -2.38. The largest absolute Gasteiger partial charge is 0.507 e. The average molecular weight is 688 g/mol. The molecule has 5 rings (SSSR count). The molecule has 50 heavy (non-hydrogen) atoms. The number of ether oxygens (including phenoxy) is 1. The van der Waals surface area contributed by atoms with Gasteiger partial charge in [0, 0.05) is 63.6 Å². The smallest absolute Gasteiger partial charge is 0.410 e. The number of carbonyl (C=O) groups is 3. The number of nitrogens with zero attached hydrogens (tertiary/aromatic N) is 3. The van der Waals surface area contributed by atoms with Crippen molar-refractivity contribution in [2.75, 3.05) is 45.2 Å². The third-order valence-corrected chi connectivity index (χ3v) is 10.4. The molecule has 0 spiro atoms. The van der Waals surface area contributed by atoms with Crippen molar-refractivity contribution in [3.05, 3.63) is 83.1 Å². The minimum atomic E-state index is -1.09. The van der Waals surface area contributed by atoms with Gasteiger partial charge in [-0.25, -0.2) is 9.59 Å². The van der Waals surface area contributed by atoms with Crippen molar-refractivity contribution in [1.82, 2.24) is 20.0 Å². The van der Waals surface area contributed by atoms with Gasteiger partial charge >= 0.3 is 12.1 Å². The average Bonchev–Trinajstić information content (AvgIpc) is 3.29. The number of fused-ring (bicyclic) bond motifs is 1. The second kappa shape index (κ2) is 17.0. The quantitative estimate of drug-likeness (QED) is 0.236. The van der Waals surface area contributed by atoms with Crippen LogP contribution in [0.1, 0.15) is 60.8 Å². The monoisotopic (exact) mass is 687 g/mol. The van der Waals surface area contributed by atoms with Crippen molar-refractivity contribution in [2.24, 2.45) is 5.92 Å². The molecule has 3 unspecified atom stereocenters. The number of urea groups is 1. The van der Waals surface area contributed by atoms with Crippen LogP contribution in [0.15, 0.2) is 60.8 Å². The van der Waals surface area contributed by atoms with Gasteiger partial charge in [0.2, 0.25) is 0 Å². The van der Waals surface area contributed by atoms with Crippen LogP contribution in [0.2, 0.25) is 0 Å². The summed E-state index contributed by atoms with van der Waals surface area (Å²) in [5, 5.41) is 25.9. The van der Waals surface area contributed by atoms with Gasteiger partial charge in [0.15, 0.2) is 6.10 Å². The number of aromatic hydroxyl groups is 1. The first-order valence-corrected chi connectivity index (χ1v) is 17.9. The summed E-state index contributed by atoms with van der Waals surface area (Å²) in [7, 11) is 1.66. The molecule has 0 radical (unpaired) electrons. The van der Waals surface area contributed by atoms with Crippen LogP contribution in [-0.2, 0) is 22.4 Å². The van der Waals surface area contributed by atoms with E-state index in [2.05, 4.69) is 17.2 Å². The first-order valence-electron chi connectivity index (χ1n) is 17.9. The van der Waals surface area contributed by atoms with Gasteiger partial charge in [-0.2, -0.15) is 0 Å². The highest BCUT2D eigenvalue weighted by atomic mass is 16.6. The SMILES string of the molecule is C=C(/C=C/N(C)C(=O)C(Cc1cc(C)c(O)c(C)c1)OC(=O)N1CCC(N2CCc3ccccc3NC2=O)CC1)C1CCCC(NCCO)C1. The molecule has 1 saturated heterocycles. The molecule has 2 aliphatic heterocycles. The third-order valence-electron chi connectivity index (χ3n) is 10.4. The van der Waals surface area contributed by atoms with E-state index >= 15 is 0 Å². The number of hydrogen-bond donors (Lipinski definition) is 4. The lowest BCUT2D eigenvalue weighted by Crippen LogP contribution is -2.51. The molecule has 2 aromatic carbocycles. The van der Waals surface area contributed by atoms with E-state index in [1.807, 2.05) is 47.4 Å². The second-order valence-corrected chi connectivity index (χ2v) is 14.0. The maximum atomic E-state index is 13.9. The normalized spacial score (nSPS) is 20.5. The van der Waals surface area contributed by atoms with Gasteiger partial charge in [-0.3, -0.25) is 4.79 Å². The maximum Gasteiger partial charge on any atom is 0.410 e. The Balaban J connectivity index is 1.22. The van der Waals surface area contributed by atoms with Crippen LogP contribution in [-0.4, -0.2) is 101 Å². The highest BCUT2D eigenvalue weighted by Gasteiger charge is 2.34. The first kappa shape index (κ1) is 36.9. The van der Waals surface area contributed by atoms with Gasteiger partial charge in [-0.05, 0) is 92.7 Å². The molecule has 0 aromatic heterocycles. The number of para-hydroxylation sites is 1. The number of likely N-dealkylation sites (tertiary alicyclic amines) is 1. The second-order valence-electron chi connectivity index (χ2n) is 14.0. The predicted octanol–water partition coefficient (Wildman–Crippen LogP) is 5.28. The van der Waals surface area contributed by atoms with E-state index in [0.29, 0.717) is 56.2 Å². The molecule has 2 fully saturated rings. The predicted molar refractivity (Wildman–Crippen MR) is 194 cm³/mol. The molecule has 2 heterocycles. The standard InChI is InChI=1S/C39H53N5O6/c1-26(31-9-7-10-32(25-31)40-16-21-45)12-17-42(4)37(47)35(24-29-22-27(2)36(46)28(3)23-29)50-39(49)43-18-14-33(15-19-43)44-20-13-30-8-5-6-11-34(30)41-38(44)48/h5-6,8,11-12,17,22-23,31-33,35,40,45-46H,1,7,9-10,13-16,18-21,24-25H2,2-4H3,(H,41,48)/b17-12+. The number of anilines is 1. The fourth-order valence-electron chi connectivity index (χ4n) is 7.48. The molecule has 1 aliphatic carbocycles. The first-order chi connectivity index (χ1) is 24.0. The Morgan fingerprint density at radius 2 is 1.84 bits per heavy atom. The molecule has 3 aliphatic rings. The van der Waals surface area contributed by atoms with Gasteiger partial charge in [-0.15, -0.1) is 0 Å². The molecule has 0 bridgehead atoms. The Hall–Kier alpha value is -4.35. The molecule has 4 amide bonds. The summed E-state index contributed by atoms with van der Waals surface area (Å²) in [6.07, 6.45) is 8.10. The number of allylic oxidation sites excluding steroid dienone is 2. The summed E-state index contributed by atoms with van der Waals surface area (Å²) in [5.41, 5.74) is 5.03. The van der Waals surface area contributed by atoms with E-state index < -0.39 is 12.2 Å². The fourth-order valence-corrected chi connectivity index (χ4v) is 7.48. The Morgan fingerprint density at radius 1 is 1.12 bits per heavy atom. The number of aliphatic hydroxyl groups is 1. The molecule has 270 valence electrons. The zero-order valence-electron chi connectivity index (χ0n) is 29.7. The number of carbonyl (C=O) groups excluding carboxylic acids is 3. The van der Waals surface area contributed by atoms with Crippen molar-refractivity contribution in [2.45, 2.75) is 83.4 Å². The van der Waals surface area contributed by atoms with Gasteiger partial charge in [0.1, 0.15) is 5.75 Å². The van der Waals surface area contributed by atoms with Gasteiger partial charge < -0.3 is 40.3 Å². The number of phenolic OH excluding ortho intramolecular Hbond substituents is 1. The van der Waals surface area contributed by atoms with Crippen molar-refractivity contribution in [3.8, 4) is 5.75 Å². The van der Waals surface area contributed by atoms with Crippen LogP contribution in [0.4, 0.5) is 15.3 Å². The lowest BCUT2D eigenvalue weighted by atomic mass is 9.81. The minimum absolute atomic E-state index is 0.0111. The molecular weight excluding hydrogens is 634 g/mol. The van der Waals surface area contributed by atoms with Crippen LogP contribution in [0.5, 0.6) is 5.75 Å². The number of aliphatic hydroxyl groups excluding tert-OH is 1. The third kappa shape index (κ3) is 9.25. The molecule has 4 N–H and O–H groups in total. The molecule has 3 atom stereocenters. The van der Waals surface area contributed by atoms with Gasteiger partial charge in [-0.1, -0.05) is 48.9 Å². The molecule has 2 aromatic rings.